The first kappa shape index (κ1) is 14.8. The van der Waals surface area contributed by atoms with Crippen LogP contribution in [0.1, 0.15) is 39.5 Å². The van der Waals surface area contributed by atoms with Gasteiger partial charge in [-0.1, -0.05) is 20.3 Å². The number of nitrogens with zero attached hydrogens (tertiary/aromatic N) is 3. The molecule has 0 unspecified atom stereocenters. The number of ether oxygens (including phenoxy) is 2. The summed E-state index contributed by atoms with van der Waals surface area (Å²) in [7, 11) is 0. The van der Waals surface area contributed by atoms with Crippen molar-refractivity contribution >= 4 is 5.90 Å². The average molecular weight is 298 g/mol. The molecule has 3 aliphatic heterocycles. The molecular formula is C16H18N4O2. The Hall–Kier alpha value is -2.10. The largest absolute Gasteiger partial charge is 0.447 e. The lowest BCUT2D eigenvalue weighted by molar-refractivity contribution is -0.364. The van der Waals surface area contributed by atoms with Gasteiger partial charge in [0.25, 0.3) is 0 Å². The highest BCUT2D eigenvalue weighted by Crippen LogP contribution is 2.66. The molecule has 6 nitrogen and oxygen atoms in total. The van der Waals surface area contributed by atoms with Crippen LogP contribution in [0.3, 0.4) is 0 Å². The van der Waals surface area contributed by atoms with E-state index in [4.69, 9.17) is 14.9 Å². The van der Waals surface area contributed by atoms with E-state index in [1.807, 2.05) is 13.8 Å². The molecule has 0 amide bonds. The molecule has 4 atom stereocenters. The van der Waals surface area contributed by atoms with Gasteiger partial charge in [-0.3, -0.25) is 5.41 Å². The lowest BCUT2D eigenvalue weighted by Gasteiger charge is -2.64. The van der Waals surface area contributed by atoms with Gasteiger partial charge < -0.3 is 9.47 Å². The lowest BCUT2D eigenvalue weighted by Crippen LogP contribution is -2.76. The average Bonchev–Trinajstić information content (AvgIpc) is 2.52. The Morgan fingerprint density at radius 1 is 1.18 bits per heavy atom. The summed E-state index contributed by atoms with van der Waals surface area (Å²) in [5.41, 5.74) is -3.25. The molecule has 3 saturated heterocycles. The molecule has 22 heavy (non-hydrogen) atoms. The Morgan fingerprint density at radius 3 is 2.41 bits per heavy atom. The van der Waals surface area contributed by atoms with E-state index in [2.05, 4.69) is 18.2 Å². The maximum atomic E-state index is 9.89. The Kier molecular flexibility index (Phi) is 3.00. The second kappa shape index (κ2) is 4.45. The van der Waals surface area contributed by atoms with Gasteiger partial charge >= 0.3 is 0 Å². The quantitative estimate of drug-likeness (QED) is 0.798. The molecule has 3 heterocycles. The van der Waals surface area contributed by atoms with Gasteiger partial charge in [0, 0.05) is 6.42 Å². The highest BCUT2D eigenvalue weighted by atomic mass is 16.7. The molecule has 2 bridgehead atoms. The number of hydrogen-bond donors (Lipinski definition) is 1. The molecule has 0 radical (unpaired) electrons. The van der Waals surface area contributed by atoms with Crippen LogP contribution in [0.5, 0.6) is 0 Å². The normalized spacial score (nSPS) is 41.7. The van der Waals surface area contributed by atoms with Crippen molar-refractivity contribution in [2.24, 2.45) is 22.7 Å². The van der Waals surface area contributed by atoms with E-state index in [1.165, 1.54) is 0 Å². The number of fused-ring (bicyclic) bond motifs is 2. The van der Waals surface area contributed by atoms with E-state index < -0.39 is 28.6 Å². The summed E-state index contributed by atoms with van der Waals surface area (Å²) in [6, 6.07) is 6.32. The minimum absolute atomic E-state index is 0.107. The van der Waals surface area contributed by atoms with E-state index in [0.717, 1.165) is 12.8 Å². The van der Waals surface area contributed by atoms with E-state index in [9.17, 15) is 15.8 Å². The molecule has 1 N–H and O–H groups in total. The van der Waals surface area contributed by atoms with Gasteiger partial charge in [-0.15, -0.1) is 0 Å². The third kappa shape index (κ3) is 1.33. The maximum absolute atomic E-state index is 9.89. The van der Waals surface area contributed by atoms with Crippen LogP contribution < -0.4 is 0 Å². The van der Waals surface area contributed by atoms with Gasteiger partial charge in [0.15, 0.2) is 10.8 Å². The lowest BCUT2D eigenvalue weighted by atomic mass is 9.48. The van der Waals surface area contributed by atoms with Crippen LogP contribution in [0.2, 0.25) is 0 Å². The molecule has 4 fully saturated rings. The Bertz CT molecular complexity index is 639. The van der Waals surface area contributed by atoms with Crippen molar-refractivity contribution in [2.45, 2.75) is 51.4 Å². The summed E-state index contributed by atoms with van der Waals surface area (Å²) in [6.07, 6.45) is 2.19. The van der Waals surface area contributed by atoms with Gasteiger partial charge in [0.05, 0.1) is 30.2 Å². The van der Waals surface area contributed by atoms with E-state index in [0.29, 0.717) is 12.8 Å². The molecule has 0 aromatic heterocycles. The van der Waals surface area contributed by atoms with Crippen molar-refractivity contribution in [1.82, 2.24) is 0 Å². The third-order valence-corrected chi connectivity index (χ3v) is 5.46. The summed E-state index contributed by atoms with van der Waals surface area (Å²) >= 11 is 0. The minimum Gasteiger partial charge on any atom is -0.447 e. The predicted octanol–water partition coefficient (Wildman–Crippen LogP) is 2.48. The second-order valence-electron chi connectivity index (χ2n) is 6.78. The molecular weight excluding hydrogens is 280 g/mol. The zero-order chi connectivity index (χ0) is 16.2. The Labute approximate surface area is 129 Å². The second-order valence-corrected chi connectivity index (χ2v) is 6.78. The minimum atomic E-state index is -1.66. The summed E-state index contributed by atoms with van der Waals surface area (Å²) in [6.45, 7) is 3.76. The maximum Gasteiger partial charge on any atom is 0.217 e. The van der Waals surface area contributed by atoms with Gasteiger partial charge in [-0.25, -0.2) is 0 Å². The fourth-order valence-electron chi connectivity index (χ4n) is 4.51. The highest BCUT2D eigenvalue weighted by Gasteiger charge is 2.80. The topological polar surface area (TPSA) is 114 Å². The number of hydrogen-bond acceptors (Lipinski definition) is 6. The fraction of sp³-hybridized carbons (Fsp3) is 0.750. The summed E-state index contributed by atoms with van der Waals surface area (Å²) in [4.78, 5) is 0. The smallest absolute Gasteiger partial charge is 0.217 e. The van der Waals surface area contributed by atoms with Gasteiger partial charge in [0.2, 0.25) is 11.7 Å². The van der Waals surface area contributed by atoms with E-state index in [1.54, 1.807) is 0 Å². The molecule has 0 aromatic rings. The van der Waals surface area contributed by atoms with Crippen molar-refractivity contribution < 1.29 is 9.47 Å². The molecule has 0 aromatic carbocycles. The first-order valence-electron chi connectivity index (χ1n) is 7.63. The highest BCUT2D eigenvalue weighted by molar-refractivity contribution is 5.88. The summed E-state index contributed by atoms with van der Waals surface area (Å²) in [5.74, 6) is -1.98. The third-order valence-electron chi connectivity index (χ3n) is 5.46. The van der Waals surface area contributed by atoms with Gasteiger partial charge in [-0.05, 0) is 18.8 Å². The number of rotatable bonds is 1. The van der Waals surface area contributed by atoms with E-state index >= 15 is 0 Å². The van der Waals surface area contributed by atoms with Crippen LogP contribution in [-0.2, 0) is 9.47 Å². The van der Waals surface area contributed by atoms with E-state index in [-0.39, 0.29) is 11.8 Å². The molecule has 4 rings (SSSR count). The summed E-state index contributed by atoms with van der Waals surface area (Å²) in [5, 5.41) is 38.0. The molecule has 1 aliphatic carbocycles. The number of nitriles is 3. The molecule has 114 valence electrons. The van der Waals surface area contributed by atoms with Crippen molar-refractivity contribution in [3.8, 4) is 18.2 Å². The van der Waals surface area contributed by atoms with Gasteiger partial charge in [-0.2, -0.15) is 15.8 Å². The monoisotopic (exact) mass is 298 g/mol. The molecule has 4 aliphatic rings. The molecule has 6 heteroatoms. The van der Waals surface area contributed by atoms with Crippen molar-refractivity contribution in [1.29, 1.82) is 21.2 Å². The fourth-order valence-corrected chi connectivity index (χ4v) is 4.51. The molecule has 1 spiro atoms. The van der Waals surface area contributed by atoms with Crippen LogP contribution in [-0.4, -0.2) is 17.8 Å². The SMILES string of the molecule is CC(C)[C@H]1O[C@@]23CCCC[C@@H]2C(C#N)(C#N)[C@]1(C#N)C(=N)O3. The van der Waals surface area contributed by atoms with Gasteiger partial charge in [0.1, 0.15) is 0 Å². The number of nitrogens with one attached hydrogen (secondary N) is 1. The standard InChI is InChI=1S/C16H18N4O2/c1-10(2)12-15(9-19)13(20)22-16(21-12)6-4-3-5-11(16)14(15,7-17)8-18/h10-12,20H,3-6H2,1-2H3/t11-,12-,15+,16-/m1/s1. The first-order valence-corrected chi connectivity index (χ1v) is 7.63. The summed E-state index contributed by atoms with van der Waals surface area (Å²) < 4.78 is 11.9. The van der Waals surface area contributed by atoms with Crippen LogP contribution in [0.15, 0.2) is 0 Å². The van der Waals surface area contributed by atoms with Crippen LogP contribution in [0.25, 0.3) is 0 Å². The van der Waals surface area contributed by atoms with Crippen LogP contribution >= 0.6 is 0 Å². The Balaban J connectivity index is 2.32. The van der Waals surface area contributed by atoms with Crippen LogP contribution in [0.4, 0.5) is 0 Å². The van der Waals surface area contributed by atoms with Crippen molar-refractivity contribution in [2.75, 3.05) is 0 Å². The zero-order valence-electron chi connectivity index (χ0n) is 12.7. The predicted molar refractivity (Wildman–Crippen MR) is 74.9 cm³/mol. The molecule has 1 saturated carbocycles. The van der Waals surface area contributed by atoms with Crippen molar-refractivity contribution in [3.63, 3.8) is 0 Å². The van der Waals surface area contributed by atoms with Crippen LogP contribution in [0, 0.1) is 62.1 Å². The Morgan fingerprint density at radius 2 is 1.86 bits per heavy atom. The zero-order valence-corrected chi connectivity index (χ0v) is 12.7. The van der Waals surface area contributed by atoms with Crippen molar-refractivity contribution in [3.05, 3.63) is 0 Å². The first-order chi connectivity index (χ1) is 10.4.